The van der Waals surface area contributed by atoms with Crippen molar-refractivity contribution in [1.82, 2.24) is 5.43 Å². The number of hydrazone groups is 1. The number of phenolic OH excluding ortho intramolecular Hbond substituents is 1. The molecule has 2 N–H and O–H groups in total. The molecule has 3 aromatic rings. The van der Waals surface area contributed by atoms with Crippen molar-refractivity contribution in [1.29, 1.82) is 0 Å². The highest BCUT2D eigenvalue weighted by atomic mass is 32.2. The van der Waals surface area contributed by atoms with Crippen LogP contribution in [0.25, 0.3) is 0 Å². The molecule has 0 heterocycles. The molecule has 8 nitrogen and oxygen atoms in total. The number of aromatic hydroxyl groups is 1. The normalized spacial score (nSPS) is 11.3. The molecule has 0 radical (unpaired) electrons. The summed E-state index contributed by atoms with van der Waals surface area (Å²) in [5.41, 5.74) is 4.15. The van der Waals surface area contributed by atoms with Gasteiger partial charge in [0.25, 0.3) is 15.9 Å². The predicted octanol–water partition coefficient (Wildman–Crippen LogP) is 3.05. The van der Waals surface area contributed by atoms with Crippen LogP contribution in [0.3, 0.4) is 0 Å². The highest BCUT2D eigenvalue weighted by Gasteiger charge is 2.27. The van der Waals surface area contributed by atoms with Gasteiger partial charge in [-0.05, 0) is 60.5 Å². The van der Waals surface area contributed by atoms with Gasteiger partial charge in [-0.15, -0.1) is 0 Å². The van der Waals surface area contributed by atoms with E-state index >= 15 is 0 Å². The van der Waals surface area contributed by atoms with Gasteiger partial charge >= 0.3 is 0 Å². The minimum absolute atomic E-state index is 0.0198. The van der Waals surface area contributed by atoms with E-state index in [1.54, 1.807) is 48.5 Å². The molecule has 0 spiro atoms. The molecule has 0 aliphatic heterocycles. The van der Waals surface area contributed by atoms with Gasteiger partial charge in [0.15, 0.2) is 11.5 Å². The van der Waals surface area contributed by atoms with E-state index in [4.69, 9.17) is 4.74 Å². The third-order valence-electron chi connectivity index (χ3n) is 4.51. The minimum atomic E-state index is -3.98. The number of rotatable bonds is 8. The van der Waals surface area contributed by atoms with Crippen LogP contribution in [0.4, 0.5) is 5.69 Å². The first-order chi connectivity index (χ1) is 15.3. The number of ether oxygens (including phenoxy) is 1. The first-order valence-electron chi connectivity index (χ1n) is 9.64. The molecular weight excluding hydrogens is 430 g/mol. The van der Waals surface area contributed by atoms with Gasteiger partial charge in [-0.2, -0.15) is 5.10 Å². The zero-order valence-electron chi connectivity index (χ0n) is 17.6. The van der Waals surface area contributed by atoms with Crippen molar-refractivity contribution >= 4 is 27.8 Å². The maximum Gasteiger partial charge on any atom is 0.264 e. The van der Waals surface area contributed by atoms with Crippen molar-refractivity contribution in [2.75, 3.05) is 18.0 Å². The number of anilines is 1. The van der Waals surface area contributed by atoms with Gasteiger partial charge in [0.05, 0.1) is 23.9 Å². The number of nitrogens with zero attached hydrogens (tertiary/aromatic N) is 2. The molecule has 0 saturated carbocycles. The van der Waals surface area contributed by atoms with Gasteiger partial charge in [0.1, 0.15) is 6.54 Å². The fourth-order valence-electron chi connectivity index (χ4n) is 2.94. The molecule has 0 fully saturated rings. The van der Waals surface area contributed by atoms with Crippen molar-refractivity contribution in [2.45, 2.75) is 11.8 Å². The van der Waals surface area contributed by atoms with E-state index in [2.05, 4.69) is 10.5 Å². The average molecular weight is 454 g/mol. The van der Waals surface area contributed by atoms with E-state index in [0.29, 0.717) is 11.3 Å². The number of nitrogens with one attached hydrogen (secondary N) is 1. The van der Waals surface area contributed by atoms with Crippen molar-refractivity contribution in [3.8, 4) is 11.5 Å². The fourth-order valence-corrected chi connectivity index (χ4v) is 4.37. The second-order valence-electron chi connectivity index (χ2n) is 6.89. The molecule has 0 aliphatic carbocycles. The second kappa shape index (κ2) is 9.97. The third kappa shape index (κ3) is 5.44. The van der Waals surface area contributed by atoms with E-state index in [-0.39, 0.29) is 16.4 Å². The van der Waals surface area contributed by atoms with Gasteiger partial charge in [-0.3, -0.25) is 9.10 Å². The smallest absolute Gasteiger partial charge is 0.264 e. The molecular formula is C23H23N3O5S. The van der Waals surface area contributed by atoms with Gasteiger partial charge in [-0.1, -0.05) is 30.3 Å². The first kappa shape index (κ1) is 22.8. The lowest BCUT2D eigenvalue weighted by Gasteiger charge is -2.24. The summed E-state index contributed by atoms with van der Waals surface area (Å²) >= 11 is 0. The van der Waals surface area contributed by atoms with Crippen LogP contribution in [-0.4, -0.2) is 39.3 Å². The lowest BCUT2D eigenvalue weighted by atomic mass is 10.2. The van der Waals surface area contributed by atoms with Crippen LogP contribution in [0.2, 0.25) is 0 Å². The Labute approximate surface area is 186 Å². The molecule has 0 aromatic heterocycles. The Morgan fingerprint density at radius 1 is 1.09 bits per heavy atom. The lowest BCUT2D eigenvalue weighted by molar-refractivity contribution is -0.119. The molecule has 166 valence electrons. The number of phenols is 1. The topological polar surface area (TPSA) is 108 Å². The summed E-state index contributed by atoms with van der Waals surface area (Å²) in [4.78, 5) is 12.6. The van der Waals surface area contributed by atoms with Crippen molar-refractivity contribution < 1.29 is 23.1 Å². The minimum Gasteiger partial charge on any atom is -0.504 e. The van der Waals surface area contributed by atoms with Gasteiger partial charge in [-0.25, -0.2) is 13.8 Å². The first-order valence-corrected chi connectivity index (χ1v) is 11.1. The van der Waals surface area contributed by atoms with Crippen LogP contribution in [0, 0.1) is 6.92 Å². The molecule has 3 rings (SSSR count). The molecule has 1 amide bonds. The van der Waals surface area contributed by atoms with E-state index in [1.807, 2.05) is 13.0 Å². The quantitative estimate of drug-likeness (QED) is 0.403. The third-order valence-corrected chi connectivity index (χ3v) is 6.30. The molecule has 32 heavy (non-hydrogen) atoms. The van der Waals surface area contributed by atoms with Crippen molar-refractivity contribution in [2.24, 2.45) is 5.10 Å². The van der Waals surface area contributed by atoms with Gasteiger partial charge in [0.2, 0.25) is 0 Å². The molecule has 0 unspecified atom stereocenters. The lowest BCUT2D eigenvalue weighted by Crippen LogP contribution is -2.39. The van der Waals surface area contributed by atoms with Crippen LogP contribution in [0.1, 0.15) is 11.1 Å². The summed E-state index contributed by atoms with van der Waals surface area (Å²) in [5, 5.41) is 13.5. The van der Waals surface area contributed by atoms with Crippen LogP contribution in [0.5, 0.6) is 11.5 Å². The summed E-state index contributed by atoms with van der Waals surface area (Å²) < 4.78 is 32.6. The predicted molar refractivity (Wildman–Crippen MR) is 123 cm³/mol. The molecule has 3 aromatic carbocycles. The number of benzene rings is 3. The van der Waals surface area contributed by atoms with Crippen molar-refractivity contribution in [3.05, 3.63) is 83.9 Å². The number of hydrogen-bond acceptors (Lipinski definition) is 6. The van der Waals surface area contributed by atoms with Crippen LogP contribution < -0.4 is 14.5 Å². The number of hydrogen-bond donors (Lipinski definition) is 2. The summed E-state index contributed by atoms with van der Waals surface area (Å²) in [7, 11) is -2.56. The molecule has 0 aliphatic rings. The zero-order chi connectivity index (χ0) is 23.1. The SMILES string of the molecule is COc1cc(/C=N\NC(=O)CN(c2cccc(C)c2)S(=O)(=O)c2ccccc2)ccc1O. The second-order valence-corrected chi connectivity index (χ2v) is 8.75. The van der Waals surface area contributed by atoms with Crippen LogP contribution in [0.15, 0.2) is 82.8 Å². The molecule has 9 heteroatoms. The summed E-state index contributed by atoms with van der Waals surface area (Å²) in [6.45, 7) is 1.38. The maximum atomic E-state index is 13.2. The largest absolute Gasteiger partial charge is 0.504 e. The summed E-state index contributed by atoms with van der Waals surface area (Å²) in [5.74, 6) is -0.374. The number of sulfonamides is 1. The zero-order valence-corrected chi connectivity index (χ0v) is 18.4. The Balaban J connectivity index is 1.81. The van der Waals surface area contributed by atoms with Crippen LogP contribution >= 0.6 is 0 Å². The standard InChI is InChI=1S/C23H23N3O5S/c1-17-7-6-8-19(13-17)26(32(29,30)20-9-4-3-5-10-20)16-23(28)25-24-15-18-11-12-21(27)22(14-18)31-2/h3-15,27H,16H2,1-2H3,(H,25,28)/b24-15-. The Kier molecular flexibility index (Phi) is 7.11. The highest BCUT2D eigenvalue weighted by molar-refractivity contribution is 7.92. The number of aryl methyl sites for hydroxylation is 1. The van der Waals surface area contributed by atoms with E-state index in [0.717, 1.165) is 9.87 Å². The number of carbonyl (C=O) groups is 1. The Hall–Kier alpha value is -3.85. The summed E-state index contributed by atoms with van der Waals surface area (Å²) in [6, 6.07) is 19.4. The van der Waals surface area contributed by atoms with Gasteiger partial charge in [0, 0.05) is 0 Å². The number of methoxy groups -OCH3 is 1. The van der Waals surface area contributed by atoms with Crippen LogP contribution in [-0.2, 0) is 14.8 Å². The Bertz CT molecular complexity index is 1230. The summed E-state index contributed by atoms with van der Waals surface area (Å²) in [6.07, 6.45) is 1.36. The maximum absolute atomic E-state index is 13.2. The molecule has 0 saturated heterocycles. The van der Waals surface area contributed by atoms with Gasteiger partial charge < -0.3 is 9.84 Å². The average Bonchev–Trinajstić information content (AvgIpc) is 2.79. The Morgan fingerprint density at radius 2 is 1.84 bits per heavy atom. The van der Waals surface area contributed by atoms with E-state index in [1.165, 1.54) is 31.5 Å². The van der Waals surface area contributed by atoms with E-state index < -0.39 is 22.5 Å². The molecule has 0 bridgehead atoms. The Morgan fingerprint density at radius 3 is 2.53 bits per heavy atom. The molecule has 0 atom stereocenters. The highest BCUT2D eigenvalue weighted by Crippen LogP contribution is 2.26. The van der Waals surface area contributed by atoms with E-state index in [9.17, 15) is 18.3 Å². The number of carbonyl (C=O) groups excluding carboxylic acids is 1. The van der Waals surface area contributed by atoms with Crippen molar-refractivity contribution in [3.63, 3.8) is 0 Å². The fraction of sp³-hybridized carbons (Fsp3) is 0.130. The monoisotopic (exact) mass is 453 g/mol. The number of amides is 1.